The molecule has 2 aromatic rings. The Morgan fingerprint density at radius 1 is 1.50 bits per heavy atom. The zero-order chi connectivity index (χ0) is 11.5. The van der Waals surface area contributed by atoms with E-state index in [1.807, 2.05) is 6.07 Å². The van der Waals surface area contributed by atoms with Crippen LogP contribution < -0.4 is 10.5 Å². The first-order valence-corrected chi connectivity index (χ1v) is 4.75. The largest absolute Gasteiger partial charge is 0.496 e. The number of aromatic nitrogens is 2. The first-order chi connectivity index (χ1) is 7.70. The first-order valence-electron chi connectivity index (χ1n) is 4.75. The lowest BCUT2D eigenvalue weighted by Gasteiger charge is -2.08. The molecule has 0 fully saturated rings. The minimum absolute atomic E-state index is 0.147. The van der Waals surface area contributed by atoms with Gasteiger partial charge in [-0.2, -0.15) is 0 Å². The minimum Gasteiger partial charge on any atom is -0.496 e. The number of methoxy groups -OCH3 is 1. The summed E-state index contributed by atoms with van der Waals surface area (Å²) < 4.78 is 5.19. The van der Waals surface area contributed by atoms with Crippen LogP contribution in [0.3, 0.4) is 0 Å². The zero-order valence-electron chi connectivity index (χ0n) is 8.80. The Bertz CT molecular complexity index is 540. The lowest BCUT2D eigenvalue weighted by atomic mass is 10.1. The van der Waals surface area contributed by atoms with Gasteiger partial charge in [-0.05, 0) is 6.07 Å². The Morgan fingerprint density at radius 2 is 2.31 bits per heavy atom. The van der Waals surface area contributed by atoms with Crippen molar-refractivity contribution in [3.05, 3.63) is 30.2 Å². The summed E-state index contributed by atoms with van der Waals surface area (Å²) in [6.45, 7) is 0. The Balaban J connectivity index is 2.58. The van der Waals surface area contributed by atoms with E-state index in [0.717, 1.165) is 16.5 Å². The molecule has 0 aliphatic rings. The quantitative estimate of drug-likeness (QED) is 0.819. The van der Waals surface area contributed by atoms with Crippen LogP contribution in [0.2, 0.25) is 0 Å². The molecule has 1 aromatic heterocycles. The molecule has 1 amide bonds. The Labute approximate surface area is 92.3 Å². The number of hydrogen-bond acceptors (Lipinski definition) is 4. The molecule has 0 atom stereocenters. The lowest BCUT2D eigenvalue weighted by Crippen LogP contribution is -2.14. The summed E-state index contributed by atoms with van der Waals surface area (Å²) in [6.07, 6.45) is 3.30. The monoisotopic (exact) mass is 217 g/mol. The highest BCUT2D eigenvalue weighted by atomic mass is 16.5. The van der Waals surface area contributed by atoms with Crippen LogP contribution in [0.1, 0.15) is 5.56 Å². The summed E-state index contributed by atoms with van der Waals surface area (Å²) in [5.41, 5.74) is 6.69. The smallest absolute Gasteiger partial charge is 0.221 e. The molecule has 1 aromatic carbocycles. The Kier molecular flexibility index (Phi) is 2.68. The molecule has 82 valence electrons. The summed E-state index contributed by atoms with van der Waals surface area (Å²) in [5.74, 6) is 0.222. The zero-order valence-corrected chi connectivity index (χ0v) is 8.80. The van der Waals surface area contributed by atoms with Crippen molar-refractivity contribution in [2.75, 3.05) is 7.11 Å². The molecule has 0 aliphatic heterocycles. The van der Waals surface area contributed by atoms with Crippen molar-refractivity contribution < 1.29 is 9.53 Å². The van der Waals surface area contributed by atoms with E-state index in [9.17, 15) is 4.79 Å². The van der Waals surface area contributed by atoms with Crippen molar-refractivity contribution in [3.8, 4) is 5.75 Å². The van der Waals surface area contributed by atoms with Gasteiger partial charge in [0.25, 0.3) is 0 Å². The fourth-order valence-corrected chi connectivity index (χ4v) is 1.57. The third kappa shape index (κ3) is 1.93. The summed E-state index contributed by atoms with van der Waals surface area (Å²) >= 11 is 0. The molecule has 0 unspecified atom stereocenters. The molecular weight excluding hydrogens is 206 g/mol. The molecule has 16 heavy (non-hydrogen) atoms. The fraction of sp³-hybridized carbons (Fsp3) is 0.182. The van der Waals surface area contributed by atoms with Gasteiger partial charge < -0.3 is 10.5 Å². The molecule has 0 bridgehead atoms. The number of rotatable bonds is 3. The average molecular weight is 217 g/mol. The van der Waals surface area contributed by atoms with Crippen molar-refractivity contribution in [1.29, 1.82) is 0 Å². The van der Waals surface area contributed by atoms with Crippen molar-refractivity contribution in [3.63, 3.8) is 0 Å². The minimum atomic E-state index is -0.394. The van der Waals surface area contributed by atoms with E-state index >= 15 is 0 Å². The van der Waals surface area contributed by atoms with E-state index in [2.05, 4.69) is 9.97 Å². The predicted octanol–water partition coefficient (Wildman–Crippen LogP) is 0.666. The molecule has 0 aliphatic carbocycles. The van der Waals surface area contributed by atoms with Crippen LogP contribution in [-0.4, -0.2) is 23.0 Å². The van der Waals surface area contributed by atoms with Crippen LogP contribution in [0.25, 0.3) is 10.9 Å². The molecular formula is C11H11N3O2. The number of ether oxygens (including phenoxy) is 1. The van der Waals surface area contributed by atoms with Gasteiger partial charge in [0.05, 0.1) is 19.0 Å². The fourth-order valence-electron chi connectivity index (χ4n) is 1.57. The third-order valence-corrected chi connectivity index (χ3v) is 2.27. The lowest BCUT2D eigenvalue weighted by molar-refractivity contribution is -0.117. The summed E-state index contributed by atoms with van der Waals surface area (Å²) in [5, 5.41) is 0.861. The van der Waals surface area contributed by atoms with Crippen molar-refractivity contribution in [1.82, 2.24) is 9.97 Å². The van der Waals surface area contributed by atoms with Crippen LogP contribution in [-0.2, 0) is 11.2 Å². The maximum atomic E-state index is 10.9. The highest BCUT2D eigenvalue weighted by Crippen LogP contribution is 2.24. The van der Waals surface area contributed by atoms with E-state index in [1.165, 1.54) is 6.33 Å². The maximum Gasteiger partial charge on any atom is 0.221 e. The standard InChI is InChI=1S/C11H11N3O2/c1-16-10-4-9-8(5-13-6-14-9)2-7(10)3-11(12)15/h2,4-6H,3H2,1H3,(H2,12,15). The summed E-state index contributed by atoms with van der Waals surface area (Å²) in [7, 11) is 1.55. The number of carbonyl (C=O) groups is 1. The molecule has 1 heterocycles. The second kappa shape index (κ2) is 4.14. The van der Waals surface area contributed by atoms with E-state index in [0.29, 0.717) is 5.75 Å². The number of carbonyl (C=O) groups excluding carboxylic acids is 1. The predicted molar refractivity (Wildman–Crippen MR) is 59.0 cm³/mol. The van der Waals surface area contributed by atoms with Gasteiger partial charge in [-0.15, -0.1) is 0 Å². The second-order valence-electron chi connectivity index (χ2n) is 3.39. The number of amides is 1. The van der Waals surface area contributed by atoms with Gasteiger partial charge in [0.15, 0.2) is 0 Å². The van der Waals surface area contributed by atoms with Gasteiger partial charge in [0, 0.05) is 23.2 Å². The van der Waals surface area contributed by atoms with Crippen molar-refractivity contribution in [2.45, 2.75) is 6.42 Å². The third-order valence-electron chi connectivity index (χ3n) is 2.27. The number of benzene rings is 1. The van der Waals surface area contributed by atoms with Gasteiger partial charge in [0.2, 0.25) is 5.91 Å². The maximum absolute atomic E-state index is 10.9. The van der Waals surface area contributed by atoms with Crippen LogP contribution in [0, 0.1) is 0 Å². The van der Waals surface area contributed by atoms with Gasteiger partial charge in [0.1, 0.15) is 12.1 Å². The molecule has 0 radical (unpaired) electrons. The molecule has 2 rings (SSSR count). The van der Waals surface area contributed by atoms with Gasteiger partial charge in [-0.1, -0.05) is 0 Å². The number of nitrogens with zero attached hydrogens (tertiary/aromatic N) is 2. The van der Waals surface area contributed by atoms with Gasteiger partial charge in [-0.3, -0.25) is 4.79 Å². The molecule has 0 saturated carbocycles. The van der Waals surface area contributed by atoms with Gasteiger partial charge >= 0.3 is 0 Å². The molecule has 2 N–H and O–H groups in total. The molecule has 0 saturated heterocycles. The van der Waals surface area contributed by atoms with Crippen LogP contribution in [0.15, 0.2) is 24.7 Å². The summed E-state index contributed by atoms with van der Waals surface area (Å²) in [6, 6.07) is 3.59. The Morgan fingerprint density at radius 3 is 3.00 bits per heavy atom. The van der Waals surface area contributed by atoms with Crippen LogP contribution >= 0.6 is 0 Å². The molecule has 5 heteroatoms. The summed E-state index contributed by atoms with van der Waals surface area (Å²) in [4.78, 5) is 18.9. The number of hydrogen-bond donors (Lipinski definition) is 1. The average Bonchev–Trinajstić information content (AvgIpc) is 2.27. The van der Waals surface area contributed by atoms with Crippen molar-refractivity contribution in [2.24, 2.45) is 5.73 Å². The van der Waals surface area contributed by atoms with E-state index in [1.54, 1.807) is 19.4 Å². The molecule has 0 spiro atoms. The Hall–Kier alpha value is -2.17. The number of fused-ring (bicyclic) bond motifs is 1. The highest BCUT2D eigenvalue weighted by Gasteiger charge is 2.08. The molecule has 5 nitrogen and oxygen atoms in total. The van der Waals surface area contributed by atoms with Crippen LogP contribution in [0.5, 0.6) is 5.75 Å². The van der Waals surface area contributed by atoms with Crippen molar-refractivity contribution >= 4 is 16.8 Å². The normalized spacial score (nSPS) is 10.3. The SMILES string of the molecule is COc1cc2ncncc2cc1CC(N)=O. The second-order valence-corrected chi connectivity index (χ2v) is 3.39. The topological polar surface area (TPSA) is 78.1 Å². The van der Waals surface area contributed by atoms with E-state index in [-0.39, 0.29) is 6.42 Å². The first kappa shape index (κ1) is 10.4. The van der Waals surface area contributed by atoms with E-state index in [4.69, 9.17) is 10.5 Å². The van der Waals surface area contributed by atoms with E-state index < -0.39 is 5.91 Å². The van der Waals surface area contributed by atoms with Gasteiger partial charge in [-0.25, -0.2) is 9.97 Å². The number of nitrogens with two attached hydrogens (primary N) is 1. The van der Waals surface area contributed by atoms with Crippen LogP contribution in [0.4, 0.5) is 0 Å². The highest BCUT2D eigenvalue weighted by molar-refractivity contribution is 5.84. The number of primary amides is 1.